The van der Waals surface area contributed by atoms with E-state index in [1.807, 2.05) is 31.2 Å². The fraction of sp³-hybridized carbons (Fsp3) is 0.538. The molecule has 19 heavy (non-hydrogen) atoms. The van der Waals surface area contributed by atoms with E-state index < -0.39 is 12.8 Å². The average molecular weight is 293 g/mol. The molecular formula is C13H18F3NOS. The molecule has 1 rings (SSSR count). The van der Waals surface area contributed by atoms with E-state index >= 15 is 0 Å². The minimum Gasteiger partial charge on any atom is -0.372 e. The number of hydrogen-bond donors (Lipinski definition) is 1. The Morgan fingerprint density at radius 1 is 1.26 bits per heavy atom. The zero-order chi connectivity index (χ0) is 14.3. The number of benzene rings is 1. The maximum absolute atomic E-state index is 11.8. The summed E-state index contributed by atoms with van der Waals surface area (Å²) in [7, 11) is 0. The Bertz CT molecular complexity index is 365. The summed E-state index contributed by atoms with van der Waals surface area (Å²) in [5, 5.41) is 0. The fourth-order valence-corrected chi connectivity index (χ4v) is 2.23. The van der Waals surface area contributed by atoms with Crippen LogP contribution >= 0.6 is 11.8 Å². The molecular weight excluding hydrogens is 275 g/mol. The van der Waals surface area contributed by atoms with Crippen LogP contribution in [0, 0.1) is 0 Å². The average Bonchev–Trinajstić information content (AvgIpc) is 2.33. The van der Waals surface area contributed by atoms with E-state index in [4.69, 9.17) is 5.73 Å². The van der Waals surface area contributed by atoms with Crippen molar-refractivity contribution in [3.8, 4) is 0 Å². The van der Waals surface area contributed by atoms with Crippen molar-refractivity contribution < 1.29 is 17.9 Å². The van der Waals surface area contributed by atoms with Gasteiger partial charge in [-0.15, -0.1) is 11.8 Å². The lowest BCUT2D eigenvalue weighted by Gasteiger charge is -2.08. The lowest BCUT2D eigenvalue weighted by molar-refractivity contribution is -0.173. The van der Waals surface area contributed by atoms with E-state index in [1.165, 1.54) is 0 Å². The van der Waals surface area contributed by atoms with Gasteiger partial charge in [0.2, 0.25) is 0 Å². The van der Waals surface area contributed by atoms with Crippen LogP contribution in [0.2, 0.25) is 0 Å². The molecule has 0 radical (unpaired) electrons. The van der Waals surface area contributed by atoms with Gasteiger partial charge in [0.25, 0.3) is 0 Å². The van der Waals surface area contributed by atoms with Crippen LogP contribution in [-0.4, -0.2) is 25.1 Å². The maximum atomic E-state index is 11.8. The molecule has 0 aliphatic rings. The third-order valence-electron chi connectivity index (χ3n) is 2.37. The highest BCUT2D eigenvalue weighted by Crippen LogP contribution is 2.21. The van der Waals surface area contributed by atoms with Gasteiger partial charge in [-0.3, -0.25) is 0 Å². The first-order valence-electron chi connectivity index (χ1n) is 6.01. The van der Waals surface area contributed by atoms with Crippen molar-refractivity contribution >= 4 is 11.8 Å². The summed E-state index contributed by atoms with van der Waals surface area (Å²) in [5.41, 5.74) is 6.81. The van der Waals surface area contributed by atoms with Gasteiger partial charge < -0.3 is 10.5 Å². The van der Waals surface area contributed by atoms with E-state index in [0.29, 0.717) is 6.42 Å². The van der Waals surface area contributed by atoms with Crippen LogP contribution in [0.3, 0.4) is 0 Å². The highest BCUT2D eigenvalue weighted by molar-refractivity contribution is 7.99. The zero-order valence-corrected chi connectivity index (χ0v) is 11.6. The van der Waals surface area contributed by atoms with Gasteiger partial charge >= 0.3 is 6.18 Å². The van der Waals surface area contributed by atoms with Crippen molar-refractivity contribution in [3.63, 3.8) is 0 Å². The molecule has 0 aromatic heterocycles. The minimum absolute atomic E-state index is 0.00909. The molecule has 108 valence electrons. The molecule has 0 amide bonds. The smallest absolute Gasteiger partial charge is 0.372 e. The predicted octanol–water partition coefficient (Wildman–Crippen LogP) is 3.77. The number of hydrogen-bond acceptors (Lipinski definition) is 3. The minimum atomic E-state index is -4.23. The van der Waals surface area contributed by atoms with Gasteiger partial charge in [-0.2, -0.15) is 13.2 Å². The first kappa shape index (κ1) is 16.3. The molecule has 0 bridgehead atoms. The molecule has 2 N–H and O–H groups in total. The van der Waals surface area contributed by atoms with E-state index in [-0.39, 0.29) is 12.6 Å². The third kappa shape index (κ3) is 7.44. The highest BCUT2D eigenvalue weighted by atomic mass is 32.2. The Labute approximate surface area is 115 Å². The van der Waals surface area contributed by atoms with Crippen LogP contribution in [0.15, 0.2) is 29.2 Å². The highest BCUT2D eigenvalue weighted by Gasteiger charge is 2.27. The van der Waals surface area contributed by atoms with Gasteiger partial charge in [0.1, 0.15) is 6.61 Å². The summed E-state index contributed by atoms with van der Waals surface area (Å²) in [6, 6.07) is 7.88. The lowest BCUT2D eigenvalue weighted by Crippen LogP contribution is -2.17. The molecule has 1 aromatic carbocycles. The summed E-state index contributed by atoms with van der Waals surface area (Å²) in [4.78, 5) is 1.08. The molecule has 6 heteroatoms. The number of nitrogens with two attached hydrogens (primary N) is 1. The van der Waals surface area contributed by atoms with Crippen LogP contribution in [0.25, 0.3) is 0 Å². The molecule has 0 aliphatic carbocycles. The standard InChI is InChI=1S/C13H18F3NOS/c1-10(17)11-3-5-12(6-4-11)19-8-2-7-18-9-13(14,15)16/h3-6,10H,2,7-9,17H2,1H3. The van der Waals surface area contributed by atoms with Gasteiger partial charge in [0.15, 0.2) is 0 Å². The maximum Gasteiger partial charge on any atom is 0.411 e. The number of rotatable bonds is 7. The second kappa shape index (κ2) is 7.77. The van der Waals surface area contributed by atoms with Gasteiger partial charge in [0, 0.05) is 23.3 Å². The van der Waals surface area contributed by atoms with Crippen molar-refractivity contribution in [3.05, 3.63) is 29.8 Å². The van der Waals surface area contributed by atoms with E-state index in [0.717, 1.165) is 16.2 Å². The summed E-state index contributed by atoms with van der Waals surface area (Å²) < 4.78 is 39.9. The monoisotopic (exact) mass is 293 g/mol. The number of halogens is 3. The van der Waals surface area contributed by atoms with Crippen molar-refractivity contribution in [2.24, 2.45) is 5.73 Å². The molecule has 2 nitrogen and oxygen atoms in total. The van der Waals surface area contributed by atoms with E-state index in [1.54, 1.807) is 11.8 Å². The molecule has 0 heterocycles. The largest absolute Gasteiger partial charge is 0.411 e. The van der Waals surface area contributed by atoms with Crippen LogP contribution in [0.1, 0.15) is 24.9 Å². The van der Waals surface area contributed by atoms with Crippen LogP contribution in [0.4, 0.5) is 13.2 Å². The van der Waals surface area contributed by atoms with E-state index in [9.17, 15) is 13.2 Å². The molecule has 1 unspecified atom stereocenters. The Balaban J connectivity index is 2.16. The van der Waals surface area contributed by atoms with E-state index in [2.05, 4.69) is 4.74 Å². The number of ether oxygens (including phenoxy) is 1. The molecule has 0 fully saturated rings. The van der Waals surface area contributed by atoms with Crippen LogP contribution < -0.4 is 5.73 Å². The van der Waals surface area contributed by atoms with Gasteiger partial charge in [-0.25, -0.2) is 0 Å². The topological polar surface area (TPSA) is 35.2 Å². The van der Waals surface area contributed by atoms with Gasteiger partial charge in [-0.1, -0.05) is 12.1 Å². The quantitative estimate of drug-likeness (QED) is 0.614. The summed E-state index contributed by atoms with van der Waals surface area (Å²) in [5.74, 6) is 0.732. The summed E-state index contributed by atoms with van der Waals surface area (Å²) in [6.07, 6.45) is -3.64. The van der Waals surface area contributed by atoms with Crippen LogP contribution in [-0.2, 0) is 4.74 Å². The second-order valence-electron chi connectivity index (χ2n) is 4.23. The number of thioether (sulfide) groups is 1. The Kier molecular flexibility index (Phi) is 6.68. The van der Waals surface area contributed by atoms with Crippen molar-refractivity contribution in [1.82, 2.24) is 0 Å². The van der Waals surface area contributed by atoms with Crippen LogP contribution in [0.5, 0.6) is 0 Å². The van der Waals surface area contributed by atoms with Crippen molar-refractivity contribution in [1.29, 1.82) is 0 Å². The zero-order valence-electron chi connectivity index (χ0n) is 10.7. The summed E-state index contributed by atoms with van der Waals surface area (Å²) >= 11 is 1.60. The Morgan fingerprint density at radius 3 is 2.42 bits per heavy atom. The fourth-order valence-electron chi connectivity index (χ4n) is 1.41. The summed E-state index contributed by atoms with van der Waals surface area (Å²) in [6.45, 7) is 0.880. The third-order valence-corrected chi connectivity index (χ3v) is 3.47. The Morgan fingerprint density at radius 2 is 1.89 bits per heavy atom. The predicted molar refractivity (Wildman–Crippen MR) is 71.3 cm³/mol. The molecule has 0 saturated heterocycles. The second-order valence-corrected chi connectivity index (χ2v) is 5.40. The Hall–Kier alpha value is -0.720. The molecule has 0 saturated carbocycles. The first-order valence-corrected chi connectivity index (χ1v) is 7.00. The van der Waals surface area contributed by atoms with Crippen molar-refractivity contribution in [2.75, 3.05) is 19.0 Å². The molecule has 0 spiro atoms. The number of alkyl halides is 3. The van der Waals surface area contributed by atoms with Gasteiger partial charge in [0.05, 0.1) is 0 Å². The van der Waals surface area contributed by atoms with Gasteiger partial charge in [-0.05, 0) is 31.0 Å². The first-order chi connectivity index (χ1) is 8.88. The molecule has 1 atom stereocenters. The normalized spacial score (nSPS) is 13.5. The lowest BCUT2D eigenvalue weighted by atomic mass is 10.1. The SMILES string of the molecule is CC(N)c1ccc(SCCCOCC(F)(F)F)cc1. The molecule has 1 aromatic rings. The van der Waals surface area contributed by atoms with Crippen molar-refractivity contribution in [2.45, 2.75) is 30.5 Å². The molecule has 0 aliphatic heterocycles.